The summed E-state index contributed by atoms with van der Waals surface area (Å²) in [7, 11) is -4.03. The van der Waals surface area contributed by atoms with Gasteiger partial charge in [0.2, 0.25) is 0 Å². The third-order valence-corrected chi connectivity index (χ3v) is 4.88. The first-order valence-electron chi connectivity index (χ1n) is 7.79. The predicted octanol–water partition coefficient (Wildman–Crippen LogP) is 4.81. The van der Waals surface area contributed by atoms with Crippen molar-refractivity contribution in [2.24, 2.45) is 10.2 Å². The predicted molar refractivity (Wildman–Crippen MR) is 101 cm³/mol. The van der Waals surface area contributed by atoms with Gasteiger partial charge in [-0.2, -0.15) is 5.11 Å². The number of nitrogens with one attached hydrogen (secondary N) is 1. The van der Waals surface area contributed by atoms with Gasteiger partial charge in [-0.1, -0.05) is 36.4 Å². The van der Waals surface area contributed by atoms with Crippen molar-refractivity contribution in [2.45, 2.75) is 4.90 Å². The number of hydrogen-bond acceptors (Lipinski definition) is 6. The van der Waals surface area contributed by atoms with Crippen LogP contribution >= 0.6 is 0 Å². The maximum atomic E-state index is 12.6. The third kappa shape index (κ3) is 4.53. The van der Waals surface area contributed by atoms with Crippen LogP contribution in [0.1, 0.15) is 0 Å². The second kappa shape index (κ2) is 7.75. The van der Waals surface area contributed by atoms with Crippen LogP contribution < -0.4 is 4.72 Å². The van der Waals surface area contributed by atoms with Crippen molar-refractivity contribution in [3.8, 4) is 0 Å². The highest BCUT2D eigenvalue weighted by Crippen LogP contribution is 2.29. The van der Waals surface area contributed by atoms with Crippen molar-refractivity contribution in [3.05, 3.63) is 89.0 Å². The molecule has 0 radical (unpaired) electrons. The van der Waals surface area contributed by atoms with Gasteiger partial charge in [0.15, 0.2) is 0 Å². The monoisotopic (exact) mass is 382 g/mol. The Morgan fingerprint density at radius 3 is 2.30 bits per heavy atom. The lowest BCUT2D eigenvalue weighted by molar-refractivity contribution is -0.385. The summed E-state index contributed by atoms with van der Waals surface area (Å²) in [5.74, 6) is 0. The Bertz CT molecular complexity index is 1100. The van der Waals surface area contributed by atoms with Gasteiger partial charge < -0.3 is 0 Å². The third-order valence-electron chi connectivity index (χ3n) is 3.52. The normalized spacial score (nSPS) is 11.4. The summed E-state index contributed by atoms with van der Waals surface area (Å²) in [5.41, 5.74) is 0.836. The Morgan fingerprint density at radius 2 is 1.56 bits per heavy atom. The zero-order chi connectivity index (χ0) is 19.3. The molecule has 0 unspecified atom stereocenters. The zero-order valence-corrected chi connectivity index (χ0v) is 14.7. The van der Waals surface area contributed by atoms with Crippen molar-refractivity contribution < 1.29 is 13.3 Å². The van der Waals surface area contributed by atoms with E-state index in [0.29, 0.717) is 11.4 Å². The van der Waals surface area contributed by atoms with Gasteiger partial charge in [-0.05, 0) is 30.3 Å². The molecule has 0 saturated heterocycles. The summed E-state index contributed by atoms with van der Waals surface area (Å²) < 4.78 is 27.6. The van der Waals surface area contributed by atoms with Gasteiger partial charge >= 0.3 is 0 Å². The quantitative estimate of drug-likeness (QED) is 0.374. The molecule has 0 spiro atoms. The van der Waals surface area contributed by atoms with E-state index in [9.17, 15) is 18.5 Å². The number of nitrogens with zero attached hydrogens (tertiary/aromatic N) is 3. The molecule has 0 aliphatic heterocycles. The van der Waals surface area contributed by atoms with E-state index in [1.54, 1.807) is 30.3 Å². The van der Waals surface area contributed by atoms with Crippen LogP contribution in [0.25, 0.3) is 0 Å². The van der Waals surface area contributed by atoms with Gasteiger partial charge in [-0.25, -0.2) is 8.42 Å². The number of non-ortho nitro benzene ring substituents is 1. The van der Waals surface area contributed by atoms with E-state index >= 15 is 0 Å². The molecule has 1 N–H and O–H groups in total. The summed E-state index contributed by atoms with van der Waals surface area (Å²) in [4.78, 5) is 10.0. The lowest BCUT2D eigenvalue weighted by Gasteiger charge is -2.09. The van der Waals surface area contributed by atoms with Crippen molar-refractivity contribution in [2.75, 3.05) is 4.72 Å². The lowest BCUT2D eigenvalue weighted by atomic mass is 10.3. The van der Waals surface area contributed by atoms with Crippen LogP contribution in [-0.4, -0.2) is 13.3 Å². The molecule has 0 fully saturated rings. The molecular weight excluding hydrogens is 368 g/mol. The average Bonchev–Trinajstić information content (AvgIpc) is 2.68. The number of benzene rings is 3. The standard InChI is InChI=1S/C18H14N4O4S/c23-22(24)15-9-6-10-16(13-15)27(25,26)21-18-12-5-4-11-17(18)20-19-14-7-2-1-3-8-14/h1-13,21H. The van der Waals surface area contributed by atoms with Gasteiger partial charge in [0, 0.05) is 12.1 Å². The maximum Gasteiger partial charge on any atom is 0.270 e. The minimum Gasteiger partial charge on any atom is -0.277 e. The highest BCUT2D eigenvalue weighted by Gasteiger charge is 2.19. The minimum absolute atomic E-state index is 0.212. The molecule has 0 bridgehead atoms. The van der Waals surface area contributed by atoms with Crippen LogP contribution in [-0.2, 0) is 10.0 Å². The number of nitro groups is 1. The number of sulfonamides is 1. The molecule has 0 aromatic heterocycles. The topological polar surface area (TPSA) is 114 Å². The van der Waals surface area contributed by atoms with E-state index in [1.807, 2.05) is 18.2 Å². The second-order valence-corrected chi connectivity index (χ2v) is 7.10. The van der Waals surface area contributed by atoms with E-state index < -0.39 is 14.9 Å². The fraction of sp³-hybridized carbons (Fsp3) is 0. The van der Waals surface area contributed by atoms with E-state index in [4.69, 9.17) is 0 Å². The van der Waals surface area contributed by atoms with Gasteiger partial charge in [0.05, 0.1) is 21.2 Å². The molecule has 9 heteroatoms. The first-order valence-corrected chi connectivity index (χ1v) is 9.27. The van der Waals surface area contributed by atoms with Crippen LogP contribution in [0.3, 0.4) is 0 Å². The summed E-state index contributed by atoms with van der Waals surface area (Å²) in [6.45, 7) is 0. The van der Waals surface area contributed by atoms with Crippen LogP contribution in [0.2, 0.25) is 0 Å². The SMILES string of the molecule is O=[N+]([O-])c1cccc(S(=O)(=O)Nc2ccccc2N=Nc2ccccc2)c1. The van der Waals surface area contributed by atoms with Gasteiger partial charge in [-0.3, -0.25) is 14.8 Å². The highest BCUT2D eigenvalue weighted by atomic mass is 32.2. The van der Waals surface area contributed by atoms with Crippen molar-refractivity contribution in [3.63, 3.8) is 0 Å². The molecule has 0 aliphatic rings. The Kier molecular flexibility index (Phi) is 5.23. The molecule has 0 heterocycles. The number of para-hydroxylation sites is 1. The summed E-state index contributed by atoms with van der Waals surface area (Å²) in [6.07, 6.45) is 0. The Balaban J connectivity index is 1.90. The molecule has 0 saturated carbocycles. The van der Waals surface area contributed by atoms with Crippen molar-refractivity contribution >= 4 is 32.8 Å². The first-order chi connectivity index (χ1) is 13.0. The molecule has 8 nitrogen and oxygen atoms in total. The van der Waals surface area contributed by atoms with Crippen LogP contribution in [0.4, 0.5) is 22.7 Å². The number of rotatable bonds is 6. The summed E-state index contributed by atoms with van der Waals surface area (Å²) >= 11 is 0. The fourth-order valence-electron chi connectivity index (χ4n) is 2.22. The number of azo groups is 1. The summed E-state index contributed by atoms with van der Waals surface area (Å²) in [5, 5.41) is 19.0. The molecule has 3 aromatic rings. The molecule has 0 aliphatic carbocycles. The highest BCUT2D eigenvalue weighted by molar-refractivity contribution is 7.92. The summed E-state index contributed by atoms with van der Waals surface area (Å²) in [6, 6.07) is 20.3. The molecular formula is C18H14N4O4S. The van der Waals surface area contributed by atoms with Gasteiger partial charge in [0.1, 0.15) is 5.69 Å². The van der Waals surface area contributed by atoms with E-state index in [1.165, 1.54) is 24.3 Å². The maximum absolute atomic E-state index is 12.6. The zero-order valence-electron chi connectivity index (χ0n) is 13.9. The van der Waals surface area contributed by atoms with E-state index in [0.717, 1.165) is 6.07 Å². The Morgan fingerprint density at radius 1 is 0.852 bits per heavy atom. The van der Waals surface area contributed by atoms with Crippen LogP contribution in [0.5, 0.6) is 0 Å². The smallest absolute Gasteiger partial charge is 0.270 e. The molecule has 27 heavy (non-hydrogen) atoms. The Labute approximate surface area is 155 Å². The lowest BCUT2D eigenvalue weighted by Crippen LogP contribution is -2.13. The van der Waals surface area contributed by atoms with Gasteiger partial charge in [-0.15, -0.1) is 5.11 Å². The van der Waals surface area contributed by atoms with E-state index in [-0.39, 0.29) is 16.3 Å². The molecule has 136 valence electrons. The Hall–Kier alpha value is -3.59. The van der Waals surface area contributed by atoms with Crippen LogP contribution in [0.15, 0.2) is 94.0 Å². The van der Waals surface area contributed by atoms with Crippen molar-refractivity contribution in [1.29, 1.82) is 0 Å². The minimum atomic E-state index is -4.03. The largest absolute Gasteiger partial charge is 0.277 e. The number of anilines is 1. The first kappa shape index (κ1) is 18.2. The molecule has 0 amide bonds. The van der Waals surface area contributed by atoms with Gasteiger partial charge in [0.25, 0.3) is 15.7 Å². The second-order valence-electron chi connectivity index (χ2n) is 5.41. The van der Waals surface area contributed by atoms with E-state index in [2.05, 4.69) is 15.0 Å². The average molecular weight is 382 g/mol. The molecule has 3 rings (SSSR count). The molecule has 3 aromatic carbocycles. The number of hydrogen-bond donors (Lipinski definition) is 1. The van der Waals surface area contributed by atoms with Crippen molar-refractivity contribution in [1.82, 2.24) is 0 Å². The fourth-order valence-corrected chi connectivity index (χ4v) is 3.33. The van der Waals surface area contributed by atoms with Crippen LogP contribution in [0, 0.1) is 10.1 Å². The number of nitro benzene ring substituents is 1. The molecule has 0 atom stereocenters.